The van der Waals surface area contributed by atoms with Crippen molar-refractivity contribution in [1.82, 2.24) is 0 Å². The molecule has 0 aromatic heterocycles. The largest absolute Gasteiger partial charge is 0.481 e. The highest BCUT2D eigenvalue weighted by Crippen LogP contribution is 2.01. The van der Waals surface area contributed by atoms with Crippen LogP contribution in [-0.2, 0) is 4.79 Å². The van der Waals surface area contributed by atoms with Crippen LogP contribution in [0, 0.1) is 23.7 Å². The highest BCUT2D eigenvalue weighted by atomic mass is 16.4. The zero-order valence-corrected chi connectivity index (χ0v) is 10.7. The summed E-state index contributed by atoms with van der Waals surface area (Å²) >= 11 is 0. The minimum atomic E-state index is -0.710. The number of hydrogen-bond donors (Lipinski definition) is 1. The molecule has 0 fully saturated rings. The molecule has 0 aliphatic carbocycles. The van der Waals surface area contributed by atoms with Crippen molar-refractivity contribution in [2.75, 3.05) is 0 Å². The fourth-order valence-corrected chi connectivity index (χ4v) is 1.28. The third-order valence-electron chi connectivity index (χ3n) is 2.27. The third kappa shape index (κ3) is 14.6. The van der Waals surface area contributed by atoms with Crippen molar-refractivity contribution in [3.05, 3.63) is 0 Å². The fourth-order valence-electron chi connectivity index (χ4n) is 1.28. The molecule has 2 heteroatoms. The van der Waals surface area contributed by atoms with E-state index in [1.54, 1.807) is 0 Å². The molecule has 0 bridgehead atoms. The van der Waals surface area contributed by atoms with Crippen LogP contribution in [0.4, 0.5) is 0 Å². The van der Waals surface area contributed by atoms with Crippen molar-refractivity contribution < 1.29 is 9.90 Å². The Morgan fingerprint density at radius 1 is 0.941 bits per heavy atom. The van der Waals surface area contributed by atoms with Crippen LogP contribution < -0.4 is 0 Å². The van der Waals surface area contributed by atoms with Gasteiger partial charge < -0.3 is 5.11 Å². The van der Waals surface area contributed by atoms with Crippen molar-refractivity contribution in [3.63, 3.8) is 0 Å². The summed E-state index contributed by atoms with van der Waals surface area (Å²) in [5, 5.41) is 8.43. The quantitative estimate of drug-likeness (QED) is 0.539. The first-order chi connectivity index (χ1) is 8.27. The van der Waals surface area contributed by atoms with E-state index in [1.807, 2.05) is 0 Å². The molecule has 0 aromatic rings. The second kappa shape index (κ2) is 12.7. The van der Waals surface area contributed by atoms with Gasteiger partial charge >= 0.3 is 5.97 Å². The van der Waals surface area contributed by atoms with Crippen molar-refractivity contribution in [1.29, 1.82) is 0 Å². The molecule has 17 heavy (non-hydrogen) atoms. The molecule has 2 nitrogen and oxygen atoms in total. The summed E-state index contributed by atoms with van der Waals surface area (Å²) in [5.41, 5.74) is 0. The second-order valence-electron chi connectivity index (χ2n) is 3.94. The Hall–Kier alpha value is -1.41. The molecule has 0 saturated carbocycles. The van der Waals surface area contributed by atoms with Gasteiger partial charge in [-0.3, -0.25) is 4.79 Å². The van der Waals surface area contributed by atoms with Crippen molar-refractivity contribution in [2.24, 2.45) is 0 Å². The van der Waals surface area contributed by atoms with Crippen LogP contribution in [0.15, 0.2) is 0 Å². The minimum absolute atomic E-state index is 0.274. The molecular weight excluding hydrogens is 212 g/mol. The first kappa shape index (κ1) is 15.6. The lowest BCUT2D eigenvalue weighted by Gasteiger charge is -1.93. The molecule has 0 radical (unpaired) electrons. The van der Waals surface area contributed by atoms with Gasteiger partial charge in [0.05, 0.1) is 6.42 Å². The Labute approximate surface area is 105 Å². The molecule has 0 aliphatic heterocycles. The molecule has 1 N–H and O–H groups in total. The van der Waals surface area contributed by atoms with E-state index in [2.05, 4.69) is 30.6 Å². The molecule has 94 valence electrons. The predicted octanol–water partition coefficient (Wildman–Crippen LogP) is 3.61. The summed E-state index contributed by atoms with van der Waals surface area (Å²) in [6.45, 7) is 2.16. The van der Waals surface area contributed by atoms with Crippen LogP contribution in [0.5, 0.6) is 0 Å². The summed E-state index contributed by atoms with van der Waals surface area (Å²) in [7, 11) is 0. The van der Waals surface area contributed by atoms with Crippen molar-refractivity contribution in [3.8, 4) is 23.7 Å². The van der Waals surface area contributed by atoms with E-state index in [9.17, 15) is 4.79 Å². The number of unbranched alkanes of at least 4 members (excludes halogenated alkanes) is 5. The van der Waals surface area contributed by atoms with Crippen molar-refractivity contribution >= 4 is 5.97 Å². The van der Waals surface area contributed by atoms with Gasteiger partial charge in [-0.15, -0.1) is 11.8 Å². The summed E-state index contributed by atoms with van der Waals surface area (Å²) in [5.74, 6) is 11.5. The summed E-state index contributed by atoms with van der Waals surface area (Å²) in [6.07, 6.45) is 7.83. The Morgan fingerprint density at radius 3 is 2.18 bits per heavy atom. The van der Waals surface area contributed by atoms with Gasteiger partial charge in [-0.05, 0) is 19.3 Å². The summed E-state index contributed by atoms with van der Waals surface area (Å²) in [4.78, 5) is 10.2. The van der Waals surface area contributed by atoms with Gasteiger partial charge in [-0.2, -0.15) is 0 Å². The van der Waals surface area contributed by atoms with Gasteiger partial charge in [-0.1, -0.05) is 31.6 Å². The highest BCUT2D eigenvalue weighted by molar-refractivity contribution is 5.66. The summed E-state index contributed by atoms with van der Waals surface area (Å²) in [6, 6.07) is 0. The van der Waals surface area contributed by atoms with Crippen LogP contribution in [0.2, 0.25) is 0 Å². The lowest BCUT2D eigenvalue weighted by Crippen LogP contribution is -1.93. The molecule has 0 aromatic carbocycles. The van der Waals surface area contributed by atoms with Crippen LogP contribution in [0.3, 0.4) is 0 Å². The zero-order chi connectivity index (χ0) is 12.8. The molecule has 0 atom stereocenters. The van der Waals surface area contributed by atoms with Crippen molar-refractivity contribution in [2.45, 2.75) is 64.7 Å². The van der Waals surface area contributed by atoms with E-state index < -0.39 is 5.97 Å². The lowest BCUT2D eigenvalue weighted by molar-refractivity contribution is -0.137. The van der Waals surface area contributed by atoms with Gasteiger partial charge in [-0.25, -0.2) is 0 Å². The number of hydrogen-bond acceptors (Lipinski definition) is 1. The Kier molecular flexibility index (Phi) is 11.6. The molecule has 0 spiro atoms. The van der Waals surface area contributed by atoms with Crippen LogP contribution in [0.1, 0.15) is 64.7 Å². The van der Waals surface area contributed by atoms with Crippen LogP contribution in [-0.4, -0.2) is 11.1 Å². The van der Waals surface area contributed by atoms with Gasteiger partial charge in [0, 0.05) is 19.3 Å². The highest BCUT2D eigenvalue weighted by Gasteiger charge is 1.94. The Morgan fingerprint density at radius 2 is 1.59 bits per heavy atom. The average Bonchev–Trinajstić information content (AvgIpc) is 2.30. The van der Waals surface area contributed by atoms with E-state index in [0.717, 1.165) is 32.1 Å². The maximum Gasteiger partial charge on any atom is 0.303 e. The van der Waals surface area contributed by atoms with E-state index in [4.69, 9.17) is 5.11 Å². The SMILES string of the molecule is CCCCC#CCC#CCCCCCC(=O)O. The molecular formula is C15H22O2. The number of carboxylic acid groups (broad SMARTS) is 1. The molecule has 0 amide bonds. The Balaban J connectivity index is 3.30. The molecule has 0 saturated heterocycles. The molecule has 0 heterocycles. The molecule has 0 aliphatic rings. The number of carboxylic acids is 1. The third-order valence-corrected chi connectivity index (χ3v) is 2.27. The topological polar surface area (TPSA) is 37.3 Å². The van der Waals surface area contributed by atoms with E-state index in [1.165, 1.54) is 12.8 Å². The molecule has 0 unspecified atom stereocenters. The predicted molar refractivity (Wildman–Crippen MR) is 70.4 cm³/mol. The van der Waals surface area contributed by atoms with E-state index in [0.29, 0.717) is 6.42 Å². The number of carbonyl (C=O) groups is 1. The average molecular weight is 234 g/mol. The number of rotatable bonds is 7. The minimum Gasteiger partial charge on any atom is -0.481 e. The fraction of sp³-hybridized carbons (Fsp3) is 0.667. The van der Waals surface area contributed by atoms with Gasteiger partial charge in [0.2, 0.25) is 0 Å². The second-order valence-corrected chi connectivity index (χ2v) is 3.94. The Bertz CT molecular complexity index is 309. The lowest BCUT2D eigenvalue weighted by atomic mass is 10.1. The normalized spacial score (nSPS) is 8.76. The van der Waals surface area contributed by atoms with Gasteiger partial charge in [0.15, 0.2) is 0 Å². The molecule has 0 rings (SSSR count). The van der Waals surface area contributed by atoms with Gasteiger partial charge in [0.1, 0.15) is 0 Å². The maximum absolute atomic E-state index is 10.2. The van der Waals surface area contributed by atoms with Crippen LogP contribution >= 0.6 is 0 Å². The van der Waals surface area contributed by atoms with E-state index >= 15 is 0 Å². The first-order valence-electron chi connectivity index (χ1n) is 6.40. The van der Waals surface area contributed by atoms with E-state index in [-0.39, 0.29) is 6.42 Å². The monoisotopic (exact) mass is 234 g/mol. The standard InChI is InChI=1S/C15H22O2/c1-2-3-4-5-6-7-8-9-10-11-12-13-14-15(16)17/h2-4,7,10-14H2,1H3,(H,16,17). The zero-order valence-electron chi connectivity index (χ0n) is 10.7. The van der Waals surface area contributed by atoms with Gasteiger partial charge in [0.25, 0.3) is 0 Å². The first-order valence-corrected chi connectivity index (χ1v) is 6.40. The number of aliphatic carboxylic acids is 1. The summed E-state index contributed by atoms with van der Waals surface area (Å²) < 4.78 is 0. The smallest absolute Gasteiger partial charge is 0.303 e. The maximum atomic E-state index is 10.2. The van der Waals surface area contributed by atoms with Crippen LogP contribution in [0.25, 0.3) is 0 Å².